The van der Waals surface area contributed by atoms with Gasteiger partial charge in [-0.15, -0.1) is 0 Å². The van der Waals surface area contributed by atoms with Gasteiger partial charge in [0, 0.05) is 13.6 Å². The Morgan fingerprint density at radius 1 is 1.32 bits per heavy atom. The molecule has 6 heteroatoms. The molecule has 0 fully saturated rings. The van der Waals surface area contributed by atoms with E-state index < -0.39 is 16.0 Å². The van der Waals surface area contributed by atoms with Gasteiger partial charge < -0.3 is 5.11 Å². The lowest BCUT2D eigenvalue weighted by molar-refractivity contribution is -0.136. The fraction of sp³-hybridized carbons (Fsp3) is 0.308. The van der Waals surface area contributed by atoms with Crippen LogP contribution in [-0.2, 0) is 21.2 Å². The Bertz CT molecular complexity index is 575. The van der Waals surface area contributed by atoms with E-state index in [4.69, 9.17) is 5.11 Å². The third-order valence-corrected chi connectivity index (χ3v) is 4.30. The second-order valence-electron chi connectivity index (χ2n) is 4.43. The second kappa shape index (κ2) is 5.99. The van der Waals surface area contributed by atoms with Crippen molar-refractivity contribution in [2.24, 2.45) is 0 Å². The summed E-state index contributed by atoms with van der Waals surface area (Å²) in [6.45, 7) is 5.68. The molecule has 0 aliphatic carbocycles. The van der Waals surface area contributed by atoms with Crippen LogP contribution in [0.15, 0.2) is 41.3 Å². The summed E-state index contributed by atoms with van der Waals surface area (Å²) in [6.07, 6.45) is -0.123. The third kappa shape index (κ3) is 4.18. The number of carboxylic acids is 1. The molecule has 19 heavy (non-hydrogen) atoms. The SMILES string of the molecule is C=C(C)CN(C)S(=O)(=O)c1ccc(CC(=O)O)cc1. The number of rotatable bonds is 6. The minimum Gasteiger partial charge on any atom is -0.481 e. The van der Waals surface area contributed by atoms with Crippen molar-refractivity contribution in [2.75, 3.05) is 13.6 Å². The molecule has 5 nitrogen and oxygen atoms in total. The number of sulfonamides is 1. The van der Waals surface area contributed by atoms with Crippen LogP contribution in [-0.4, -0.2) is 37.4 Å². The van der Waals surface area contributed by atoms with Crippen LogP contribution in [0.2, 0.25) is 0 Å². The summed E-state index contributed by atoms with van der Waals surface area (Å²) in [5.41, 5.74) is 1.31. The molecule has 0 spiro atoms. The van der Waals surface area contributed by atoms with Crippen LogP contribution in [0.25, 0.3) is 0 Å². The van der Waals surface area contributed by atoms with Gasteiger partial charge >= 0.3 is 5.97 Å². The monoisotopic (exact) mass is 283 g/mol. The van der Waals surface area contributed by atoms with E-state index in [-0.39, 0.29) is 17.9 Å². The molecule has 0 aliphatic rings. The van der Waals surface area contributed by atoms with Gasteiger partial charge in [0.2, 0.25) is 10.0 Å². The van der Waals surface area contributed by atoms with Gasteiger partial charge in [0.25, 0.3) is 0 Å². The van der Waals surface area contributed by atoms with Crippen molar-refractivity contribution in [3.05, 3.63) is 42.0 Å². The highest BCUT2D eigenvalue weighted by Crippen LogP contribution is 2.16. The van der Waals surface area contributed by atoms with Gasteiger partial charge in [-0.25, -0.2) is 8.42 Å². The van der Waals surface area contributed by atoms with E-state index in [1.165, 1.54) is 35.6 Å². The zero-order chi connectivity index (χ0) is 14.6. The van der Waals surface area contributed by atoms with Gasteiger partial charge in [-0.1, -0.05) is 24.3 Å². The normalized spacial score (nSPS) is 11.5. The summed E-state index contributed by atoms with van der Waals surface area (Å²) in [5.74, 6) is -0.949. The molecule has 104 valence electrons. The van der Waals surface area contributed by atoms with Gasteiger partial charge in [-0.05, 0) is 24.6 Å². The van der Waals surface area contributed by atoms with E-state index >= 15 is 0 Å². The maximum Gasteiger partial charge on any atom is 0.307 e. The molecular formula is C13H17NO4S. The van der Waals surface area contributed by atoms with Gasteiger partial charge in [0.15, 0.2) is 0 Å². The molecule has 0 atom stereocenters. The lowest BCUT2D eigenvalue weighted by atomic mass is 10.2. The van der Waals surface area contributed by atoms with E-state index in [1.54, 1.807) is 6.92 Å². The molecule has 0 heterocycles. The van der Waals surface area contributed by atoms with E-state index in [2.05, 4.69) is 6.58 Å². The molecule has 0 amide bonds. The summed E-state index contributed by atoms with van der Waals surface area (Å²) in [7, 11) is -2.07. The smallest absolute Gasteiger partial charge is 0.307 e. The van der Waals surface area contributed by atoms with Gasteiger partial charge in [-0.2, -0.15) is 4.31 Å². The topological polar surface area (TPSA) is 74.7 Å². The molecule has 0 aromatic heterocycles. The minimum absolute atomic E-state index is 0.123. The average Bonchev–Trinajstić information content (AvgIpc) is 2.27. The molecule has 0 radical (unpaired) electrons. The average molecular weight is 283 g/mol. The Balaban J connectivity index is 2.96. The Kier molecular flexibility index (Phi) is 4.85. The number of nitrogens with zero attached hydrogens (tertiary/aromatic N) is 1. The maximum atomic E-state index is 12.2. The maximum absolute atomic E-state index is 12.2. The second-order valence-corrected chi connectivity index (χ2v) is 6.48. The van der Waals surface area contributed by atoms with Crippen molar-refractivity contribution >= 4 is 16.0 Å². The molecule has 0 saturated carbocycles. The number of aliphatic carboxylic acids is 1. The van der Waals surface area contributed by atoms with Crippen molar-refractivity contribution in [3.8, 4) is 0 Å². The van der Waals surface area contributed by atoms with Gasteiger partial charge in [-0.3, -0.25) is 4.79 Å². The largest absolute Gasteiger partial charge is 0.481 e. The first-order valence-corrected chi connectivity index (χ1v) is 7.09. The molecule has 0 aliphatic heterocycles. The van der Waals surface area contributed by atoms with Crippen LogP contribution in [0.1, 0.15) is 12.5 Å². The quantitative estimate of drug-likeness (QED) is 0.803. The van der Waals surface area contributed by atoms with Crippen molar-refractivity contribution in [1.29, 1.82) is 0 Å². The fourth-order valence-corrected chi connectivity index (χ4v) is 2.83. The van der Waals surface area contributed by atoms with Crippen molar-refractivity contribution < 1.29 is 18.3 Å². The highest BCUT2D eigenvalue weighted by Gasteiger charge is 2.20. The molecule has 0 bridgehead atoms. The highest BCUT2D eigenvalue weighted by atomic mass is 32.2. The Labute approximate surface area is 113 Å². The Hall–Kier alpha value is -1.66. The summed E-state index contributed by atoms with van der Waals surface area (Å²) < 4.78 is 25.5. The fourth-order valence-electron chi connectivity index (χ4n) is 1.60. The third-order valence-electron chi connectivity index (χ3n) is 2.48. The number of likely N-dealkylation sites (N-methyl/N-ethyl adjacent to an activating group) is 1. The van der Waals surface area contributed by atoms with Crippen molar-refractivity contribution in [3.63, 3.8) is 0 Å². The Morgan fingerprint density at radius 2 is 1.84 bits per heavy atom. The predicted octanol–water partition coefficient (Wildman–Crippen LogP) is 1.51. The van der Waals surface area contributed by atoms with E-state index in [1.807, 2.05) is 0 Å². The summed E-state index contributed by atoms with van der Waals surface area (Å²) >= 11 is 0. The molecule has 1 aromatic rings. The minimum atomic E-state index is -3.55. The lowest BCUT2D eigenvalue weighted by Gasteiger charge is -2.17. The first kappa shape index (κ1) is 15.4. The van der Waals surface area contributed by atoms with Crippen molar-refractivity contribution in [2.45, 2.75) is 18.2 Å². The molecule has 1 N–H and O–H groups in total. The number of carbonyl (C=O) groups is 1. The van der Waals surface area contributed by atoms with Crippen LogP contribution in [0, 0.1) is 0 Å². The zero-order valence-electron chi connectivity index (χ0n) is 11.0. The first-order valence-electron chi connectivity index (χ1n) is 5.65. The van der Waals surface area contributed by atoms with Crippen LogP contribution in [0.5, 0.6) is 0 Å². The first-order chi connectivity index (χ1) is 8.73. The predicted molar refractivity (Wildman–Crippen MR) is 72.4 cm³/mol. The summed E-state index contributed by atoms with van der Waals surface area (Å²) in [4.78, 5) is 10.7. The molecule has 1 aromatic carbocycles. The lowest BCUT2D eigenvalue weighted by Crippen LogP contribution is -2.28. The van der Waals surface area contributed by atoms with E-state index in [0.717, 1.165) is 5.57 Å². The molecule has 0 unspecified atom stereocenters. The van der Waals surface area contributed by atoms with Crippen LogP contribution in [0.3, 0.4) is 0 Å². The number of carboxylic acid groups (broad SMARTS) is 1. The highest BCUT2D eigenvalue weighted by molar-refractivity contribution is 7.89. The molecule has 1 rings (SSSR count). The Morgan fingerprint density at radius 3 is 2.26 bits per heavy atom. The molecular weight excluding hydrogens is 266 g/mol. The van der Waals surface area contributed by atoms with Crippen LogP contribution in [0.4, 0.5) is 0 Å². The van der Waals surface area contributed by atoms with Crippen LogP contribution < -0.4 is 0 Å². The summed E-state index contributed by atoms with van der Waals surface area (Å²) in [5, 5.41) is 8.65. The van der Waals surface area contributed by atoms with Crippen molar-refractivity contribution in [1.82, 2.24) is 4.31 Å². The van der Waals surface area contributed by atoms with Crippen LogP contribution >= 0.6 is 0 Å². The van der Waals surface area contributed by atoms with Gasteiger partial charge in [0.1, 0.15) is 0 Å². The van der Waals surface area contributed by atoms with E-state index in [9.17, 15) is 13.2 Å². The summed E-state index contributed by atoms with van der Waals surface area (Å²) in [6, 6.07) is 5.86. The number of benzene rings is 1. The van der Waals surface area contributed by atoms with E-state index in [0.29, 0.717) is 5.56 Å². The molecule has 0 saturated heterocycles. The number of hydrogen-bond acceptors (Lipinski definition) is 3. The number of hydrogen-bond donors (Lipinski definition) is 1. The van der Waals surface area contributed by atoms with Gasteiger partial charge in [0.05, 0.1) is 11.3 Å². The standard InChI is InChI=1S/C13H17NO4S/c1-10(2)9-14(3)19(17,18)12-6-4-11(5-7-12)8-13(15)16/h4-7H,1,8-9H2,2-3H3,(H,15,16). The zero-order valence-corrected chi connectivity index (χ0v) is 11.8.